The van der Waals surface area contributed by atoms with Crippen molar-refractivity contribution >= 4 is 25.6 Å². The summed E-state index contributed by atoms with van der Waals surface area (Å²) < 4.78 is 7.14. The molecule has 0 saturated heterocycles. The predicted octanol–water partition coefficient (Wildman–Crippen LogP) is 3.73. The third-order valence-electron chi connectivity index (χ3n) is 3.18. The van der Waals surface area contributed by atoms with Crippen LogP contribution >= 0.6 is 11.6 Å². The van der Waals surface area contributed by atoms with Crippen molar-refractivity contribution in [2.75, 3.05) is 6.61 Å². The van der Waals surface area contributed by atoms with Crippen molar-refractivity contribution < 1.29 is 14.6 Å². The number of nitrogens with zero attached hydrogens (tertiary/aromatic N) is 3. The number of hydrogen-bond donors (Lipinski definition) is 1. The lowest BCUT2D eigenvalue weighted by molar-refractivity contribution is 0.0696. The zero-order valence-corrected chi connectivity index (χ0v) is 15.2. The summed E-state index contributed by atoms with van der Waals surface area (Å²) in [6.07, 6.45) is 2.72. The maximum atomic E-state index is 10.9. The van der Waals surface area contributed by atoms with E-state index in [1.807, 2.05) is 0 Å². The first-order chi connectivity index (χ1) is 10.8. The average molecular weight is 354 g/mol. The van der Waals surface area contributed by atoms with Gasteiger partial charge in [-0.15, -0.1) is 5.10 Å². The molecule has 2 aromatic heterocycles. The fourth-order valence-corrected chi connectivity index (χ4v) is 3.44. The minimum absolute atomic E-state index is 0.0367. The number of carbonyl (C=O) groups is 1. The van der Waals surface area contributed by atoms with Gasteiger partial charge in [0.1, 0.15) is 5.15 Å². The van der Waals surface area contributed by atoms with Gasteiger partial charge in [0.25, 0.3) is 0 Å². The number of aromatic nitrogens is 3. The van der Waals surface area contributed by atoms with Crippen molar-refractivity contribution in [1.29, 1.82) is 0 Å². The first kappa shape index (κ1) is 17.5. The Morgan fingerprint density at radius 3 is 2.70 bits per heavy atom. The third kappa shape index (κ3) is 5.07. The highest BCUT2D eigenvalue weighted by Crippen LogP contribution is 2.18. The molecule has 23 heavy (non-hydrogen) atoms. The highest BCUT2D eigenvalue weighted by molar-refractivity contribution is 6.76. The van der Waals surface area contributed by atoms with Gasteiger partial charge in [-0.2, -0.15) is 0 Å². The van der Waals surface area contributed by atoms with Crippen LogP contribution in [0.5, 0.6) is 5.88 Å². The maximum absolute atomic E-state index is 10.9. The number of halogens is 1. The summed E-state index contributed by atoms with van der Waals surface area (Å²) in [6, 6.07) is 5.91. The number of ether oxygens (including phenoxy) is 1. The molecule has 2 rings (SSSR count). The third-order valence-corrected chi connectivity index (χ3v) is 5.33. The van der Waals surface area contributed by atoms with Crippen LogP contribution in [0.4, 0.5) is 0 Å². The van der Waals surface area contributed by atoms with Gasteiger partial charge in [0.2, 0.25) is 5.88 Å². The van der Waals surface area contributed by atoms with Gasteiger partial charge >= 0.3 is 5.97 Å². The van der Waals surface area contributed by atoms with E-state index in [-0.39, 0.29) is 10.7 Å². The lowest BCUT2D eigenvalue weighted by atomic mass is 10.3. The Balaban J connectivity index is 1.99. The minimum Gasteiger partial charge on any atom is -0.478 e. The van der Waals surface area contributed by atoms with E-state index in [9.17, 15) is 4.79 Å². The summed E-state index contributed by atoms with van der Waals surface area (Å²) in [7, 11) is -1.04. The molecule has 124 valence electrons. The van der Waals surface area contributed by atoms with Crippen LogP contribution in [-0.2, 0) is 0 Å². The van der Waals surface area contributed by atoms with Gasteiger partial charge in [-0.05, 0) is 18.6 Å². The van der Waals surface area contributed by atoms with Crippen LogP contribution in [0.15, 0.2) is 24.4 Å². The second-order valence-electron chi connectivity index (χ2n) is 6.42. The Labute approximate surface area is 141 Å². The van der Waals surface area contributed by atoms with E-state index in [0.717, 1.165) is 6.42 Å². The lowest BCUT2D eigenvalue weighted by Gasteiger charge is -2.14. The summed E-state index contributed by atoms with van der Waals surface area (Å²) >= 11 is 5.87. The smallest absolute Gasteiger partial charge is 0.338 e. The van der Waals surface area contributed by atoms with Crippen molar-refractivity contribution in [3.05, 3.63) is 35.1 Å². The quantitative estimate of drug-likeness (QED) is 0.466. The largest absolute Gasteiger partial charge is 0.478 e. The van der Waals surface area contributed by atoms with Crippen molar-refractivity contribution in [2.24, 2.45) is 0 Å². The van der Waals surface area contributed by atoms with E-state index in [4.69, 9.17) is 21.4 Å². The first-order valence-corrected chi connectivity index (χ1v) is 11.4. The number of carboxylic acids is 1. The summed E-state index contributed by atoms with van der Waals surface area (Å²) in [5.41, 5.74) is -0.0367. The van der Waals surface area contributed by atoms with Crippen LogP contribution in [-0.4, -0.2) is 40.5 Å². The lowest BCUT2D eigenvalue weighted by Crippen LogP contribution is -2.20. The number of aromatic carboxylic acids is 1. The maximum Gasteiger partial charge on any atom is 0.338 e. The van der Waals surface area contributed by atoms with E-state index < -0.39 is 14.0 Å². The van der Waals surface area contributed by atoms with Crippen LogP contribution < -0.4 is 4.74 Å². The second kappa shape index (κ2) is 7.14. The number of pyridine rings is 1. The normalized spacial score (nSPS) is 11.5. The molecule has 8 heteroatoms. The van der Waals surface area contributed by atoms with E-state index >= 15 is 0 Å². The van der Waals surface area contributed by atoms with Gasteiger partial charge in [0, 0.05) is 20.3 Å². The van der Waals surface area contributed by atoms with E-state index in [0.29, 0.717) is 18.3 Å². The molecule has 0 atom stereocenters. The van der Waals surface area contributed by atoms with Crippen molar-refractivity contribution in [2.45, 2.75) is 32.1 Å². The van der Waals surface area contributed by atoms with Gasteiger partial charge in [0.05, 0.1) is 12.2 Å². The van der Waals surface area contributed by atoms with Crippen LogP contribution in [0.3, 0.4) is 0 Å². The number of rotatable bonds is 7. The molecule has 6 nitrogen and oxygen atoms in total. The van der Waals surface area contributed by atoms with E-state index in [1.54, 1.807) is 18.3 Å². The highest BCUT2D eigenvalue weighted by Gasteiger charge is 2.13. The summed E-state index contributed by atoms with van der Waals surface area (Å²) in [5, 5.41) is 13.1. The van der Waals surface area contributed by atoms with Crippen molar-refractivity contribution in [1.82, 2.24) is 14.8 Å². The second-order valence-corrected chi connectivity index (χ2v) is 12.4. The molecule has 0 aliphatic heterocycles. The van der Waals surface area contributed by atoms with Crippen LogP contribution in [0.25, 0.3) is 5.82 Å². The van der Waals surface area contributed by atoms with Crippen LogP contribution in [0, 0.1) is 0 Å². The molecule has 0 spiro atoms. The number of carboxylic acid groups (broad SMARTS) is 1. The summed E-state index contributed by atoms with van der Waals surface area (Å²) in [4.78, 5) is 15.0. The standard InChI is InChI=1S/C15H20ClN3O3Si/c1-23(2,3)10-4-9-22-13-7-8-19(18-13)12-6-5-11(15(20)21)14(16)17-12/h5-8H,4,9-10H2,1-3H3,(H,20,21). The zero-order valence-electron chi connectivity index (χ0n) is 13.4. The average Bonchev–Trinajstić information content (AvgIpc) is 2.91. The zero-order chi connectivity index (χ0) is 17.0. The molecular weight excluding hydrogens is 334 g/mol. The van der Waals surface area contributed by atoms with Gasteiger partial charge < -0.3 is 9.84 Å². The Hall–Kier alpha value is -1.86. The van der Waals surface area contributed by atoms with Gasteiger partial charge in [-0.3, -0.25) is 0 Å². The molecule has 0 saturated carbocycles. The fraction of sp³-hybridized carbons (Fsp3) is 0.400. The van der Waals surface area contributed by atoms with E-state index in [2.05, 4.69) is 29.7 Å². The Morgan fingerprint density at radius 1 is 1.35 bits per heavy atom. The highest BCUT2D eigenvalue weighted by atomic mass is 35.5. The molecule has 0 amide bonds. The fourth-order valence-electron chi connectivity index (χ4n) is 2.00. The number of hydrogen-bond acceptors (Lipinski definition) is 4. The Kier molecular flexibility index (Phi) is 5.43. The summed E-state index contributed by atoms with van der Waals surface area (Å²) in [5.74, 6) is -0.154. The van der Waals surface area contributed by atoms with Crippen LogP contribution in [0.1, 0.15) is 16.8 Å². The molecule has 0 unspecified atom stereocenters. The van der Waals surface area contributed by atoms with Crippen molar-refractivity contribution in [3.8, 4) is 11.7 Å². The molecule has 0 aliphatic carbocycles. The summed E-state index contributed by atoms with van der Waals surface area (Å²) in [6.45, 7) is 7.63. The molecule has 0 radical (unpaired) electrons. The molecule has 0 aliphatic rings. The predicted molar refractivity (Wildman–Crippen MR) is 91.6 cm³/mol. The first-order valence-electron chi connectivity index (χ1n) is 7.35. The monoisotopic (exact) mass is 353 g/mol. The topological polar surface area (TPSA) is 77.2 Å². The van der Waals surface area contributed by atoms with E-state index in [1.165, 1.54) is 16.8 Å². The van der Waals surface area contributed by atoms with Gasteiger partial charge in [-0.25, -0.2) is 14.5 Å². The molecule has 0 bridgehead atoms. The minimum atomic E-state index is -1.11. The SMILES string of the molecule is C[Si](C)(C)CCCOc1ccn(-c2ccc(C(=O)O)c(Cl)n2)n1. The molecular formula is C15H20ClN3O3Si. The van der Waals surface area contributed by atoms with Crippen molar-refractivity contribution in [3.63, 3.8) is 0 Å². The molecule has 2 aromatic rings. The molecule has 1 N–H and O–H groups in total. The van der Waals surface area contributed by atoms with Gasteiger partial charge in [-0.1, -0.05) is 37.3 Å². The van der Waals surface area contributed by atoms with Crippen LogP contribution in [0.2, 0.25) is 30.8 Å². The van der Waals surface area contributed by atoms with Gasteiger partial charge in [0.15, 0.2) is 5.82 Å². The Morgan fingerprint density at radius 2 is 2.09 bits per heavy atom. The Bertz CT molecular complexity index is 698. The molecule has 2 heterocycles. The molecule has 0 fully saturated rings. The molecule has 0 aromatic carbocycles.